The van der Waals surface area contributed by atoms with Crippen molar-refractivity contribution in [2.75, 3.05) is 24.5 Å². The Labute approximate surface area is 167 Å². The van der Waals surface area contributed by atoms with Crippen LogP contribution in [0.4, 0.5) is 5.69 Å². The van der Waals surface area contributed by atoms with E-state index in [4.69, 9.17) is 4.74 Å². The summed E-state index contributed by atoms with van der Waals surface area (Å²) >= 11 is 0. The smallest absolute Gasteiger partial charge is 0.226 e. The highest BCUT2D eigenvalue weighted by molar-refractivity contribution is 5.85. The van der Waals surface area contributed by atoms with Gasteiger partial charge in [-0.15, -0.1) is 0 Å². The van der Waals surface area contributed by atoms with Crippen molar-refractivity contribution < 1.29 is 9.53 Å². The lowest BCUT2D eigenvalue weighted by Crippen LogP contribution is -2.37. The fourth-order valence-corrected chi connectivity index (χ4v) is 4.04. The first-order valence-electron chi connectivity index (χ1n) is 10.2. The van der Waals surface area contributed by atoms with Crippen LogP contribution in [0.3, 0.4) is 0 Å². The molecule has 4 rings (SSSR count). The molecule has 0 saturated carbocycles. The number of ether oxygens (including phenoxy) is 1. The molecule has 1 aromatic carbocycles. The molecule has 0 radical (unpaired) electrons. The number of nitrogens with zero attached hydrogens (tertiary/aromatic N) is 2. The lowest BCUT2D eigenvalue weighted by atomic mass is 9.73. The number of aryl methyl sites for hydroxylation is 1. The van der Waals surface area contributed by atoms with E-state index < -0.39 is 0 Å². The van der Waals surface area contributed by atoms with Gasteiger partial charge in [0.15, 0.2) is 0 Å². The van der Waals surface area contributed by atoms with Gasteiger partial charge in [0.2, 0.25) is 11.8 Å². The van der Waals surface area contributed by atoms with Crippen molar-refractivity contribution in [2.24, 2.45) is 5.41 Å². The van der Waals surface area contributed by atoms with E-state index in [1.54, 1.807) is 0 Å². The van der Waals surface area contributed by atoms with E-state index >= 15 is 0 Å². The van der Waals surface area contributed by atoms with Gasteiger partial charge in [0.1, 0.15) is 6.61 Å². The van der Waals surface area contributed by atoms with Crippen molar-refractivity contribution in [2.45, 2.75) is 46.1 Å². The third-order valence-corrected chi connectivity index (χ3v) is 6.41. The summed E-state index contributed by atoms with van der Waals surface area (Å²) in [5.74, 6) is 1.02. The Bertz CT molecular complexity index is 861. The molecular formula is C23H29N3O2. The van der Waals surface area contributed by atoms with Gasteiger partial charge in [-0.3, -0.25) is 4.79 Å². The van der Waals surface area contributed by atoms with Gasteiger partial charge in [0.25, 0.3) is 0 Å². The molecule has 5 heteroatoms. The predicted molar refractivity (Wildman–Crippen MR) is 111 cm³/mol. The number of hydrogen-bond acceptors (Lipinski definition) is 4. The van der Waals surface area contributed by atoms with Crippen LogP contribution in [0.5, 0.6) is 5.88 Å². The fourth-order valence-electron chi connectivity index (χ4n) is 4.04. The van der Waals surface area contributed by atoms with Gasteiger partial charge in [-0.05, 0) is 42.9 Å². The van der Waals surface area contributed by atoms with E-state index in [0.717, 1.165) is 37.3 Å². The summed E-state index contributed by atoms with van der Waals surface area (Å²) in [6, 6.07) is 12.6. The number of carbonyl (C=O) groups excluding carboxylic acids is 1. The minimum Gasteiger partial charge on any atom is -0.473 e. The zero-order valence-corrected chi connectivity index (χ0v) is 17.0. The fraction of sp³-hybridized carbons (Fsp3) is 0.478. The van der Waals surface area contributed by atoms with Gasteiger partial charge in [-0.2, -0.15) is 0 Å². The molecule has 28 heavy (non-hydrogen) atoms. The Kier molecular flexibility index (Phi) is 5.00. The molecule has 0 spiro atoms. The summed E-state index contributed by atoms with van der Waals surface area (Å²) in [5.41, 5.74) is 4.15. The van der Waals surface area contributed by atoms with E-state index in [0.29, 0.717) is 12.5 Å². The number of rotatable bonds is 6. The molecule has 5 nitrogen and oxygen atoms in total. The molecule has 2 aromatic rings. The van der Waals surface area contributed by atoms with Gasteiger partial charge < -0.3 is 15.0 Å². The minimum atomic E-state index is -0.323. The van der Waals surface area contributed by atoms with Crippen LogP contribution in [0.2, 0.25) is 0 Å². The normalized spacial score (nSPS) is 22.5. The molecule has 2 atom stereocenters. The average molecular weight is 380 g/mol. The second-order valence-corrected chi connectivity index (χ2v) is 8.32. The standard InChI is InChI=1S/C23H29N3O2/c1-16-13-20(26-11-4-12-26)14-21(25-16)28-15-18-5-7-19(8-6-18)17(2)23(3)9-10-24-22(23)27/h5-8,13-14,17H,4,9-12,15H2,1-3H3,(H,24,27)/t17?,23-/m0/s1. The maximum absolute atomic E-state index is 12.2. The summed E-state index contributed by atoms with van der Waals surface area (Å²) in [6.07, 6.45) is 2.14. The van der Waals surface area contributed by atoms with Crippen LogP contribution in [0, 0.1) is 12.3 Å². The Balaban J connectivity index is 1.41. The van der Waals surface area contributed by atoms with E-state index in [9.17, 15) is 4.79 Å². The summed E-state index contributed by atoms with van der Waals surface area (Å²) in [6.45, 7) is 9.70. The topological polar surface area (TPSA) is 54.5 Å². The van der Waals surface area contributed by atoms with Crippen LogP contribution in [-0.4, -0.2) is 30.5 Å². The number of pyridine rings is 1. The molecule has 1 unspecified atom stereocenters. The Morgan fingerprint density at radius 2 is 2.00 bits per heavy atom. The molecule has 1 amide bonds. The minimum absolute atomic E-state index is 0.163. The van der Waals surface area contributed by atoms with Gasteiger partial charge in [0.05, 0.1) is 5.41 Å². The monoisotopic (exact) mass is 379 g/mol. The highest BCUT2D eigenvalue weighted by Gasteiger charge is 2.42. The molecule has 0 aliphatic carbocycles. The third-order valence-electron chi connectivity index (χ3n) is 6.41. The predicted octanol–water partition coefficient (Wildman–Crippen LogP) is 3.81. The molecule has 0 bridgehead atoms. The number of nitrogens with one attached hydrogen (secondary N) is 1. The van der Waals surface area contributed by atoms with E-state index in [1.807, 2.05) is 13.0 Å². The van der Waals surface area contributed by atoms with Gasteiger partial charge >= 0.3 is 0 Å². The van der Waals surface area contributed by atoms with Crippen molar-refractivity contribution in [3.05, 3.63) is 53.2 Å². The maximum Gasteiger partial charge on any atom is 0.226 e. The number of anilines is 1. The van der Waals surface area contributed by atoms with Crippen molar-refractivity contribution in [3.8, 4) is 5.88 Å². The SMILES string of the molecule is Cc1cc(N2CCC2)cc(OCc2ccc(C(C)[C@]3(C)CCNC3=O)cc2)n1. The largest absolute Gasteiger partial charge is 0.473 e. The first-order chi connectivity index (χ1) is 13.5. The lowest BCUT2D eigenvalue weighted by molar-refractivity contribution is -0.127. The van der Waals surface area contributed by atoms with Crippen LogP contribution < -0.4 is 15.0 Å². The van der Waals surface area contributed by atoms with Crippen LogP contribution in [0.25, 0.3) is 0 Å². The first-order valence-corrected chi connectivity index (χ1v) is 10.2. The third kappa shape index (κ3) is 3.58. The molecule has 1 N–H and O–H groups in total. The Morgan fingerprint density at radius 3 is 2.61 bits per heavy atom. The quantitative estimate of drug-likeness (QED) is 0.829. The highest BCUT2D eigenvalue weighted by atomic mass is 16.5. The molecule has 1 aromatic heterocycles. The molecule has 2 fully saturated rings. The second kappa shape index (κ2) is 7.46. The number of amides is 1. The van der Waals surface area contributed by atoms with Crippen molar-refractivity contribution >= 4 is 11.6 Å². The number of aromatic nitrogens is 1. The molecule has 148 valence electrons. The maximum atomic E-state index is 12.2. The van der Waals surface area contributed by atoms with E-state index in [1.165, 1.54) is 17.7 Å². The van der Waals surface area contributed by atoms with Crippen molar-refractivity contribution in [3.63, 3.8) is 0 Å². The zero-order chi connectivity index (χ0) is 19.7. The van der Waals surface area contributed by atoms with Crippen LogP contribution in [0.1, 0.15) is 49.4 Å². The summed E-state index contributed by atoms with van der Waals surface area (Å²) < 4.78 is 5.97. The second-order valence-electron chi connectivity index (χ2n) is 8.32. The van der Waals surface area contributed by atoms with E-state index in [2.05, 4.69) is 59.4 Å². The van der Waals surface area contributed by atoms with E-state index in [-0.39, 0.29) is 17.2 Å². The van der Waals surface area contributed by atoms with Gasteiger partial charge in [-0.1, -0.05) is 38.1 Å². The highest BCUT2D eigenvalue weighted by Crippen LogP contribution is 2.41. The first kappa shape index (κ1) is 18.8. The summed E-state index contributed by atoms with van der Waals surface area (Å²) in [5, 5.41) is 2.97. The zero-order valence-electron chi connectivity index (χ0n) is 17.0. The molecule has 2 aliphatic heterocycles. The Hall–Kier alpha value is -2.56. The molecule has 2 saturated heterocycles. The number of hydrogen-bond donors (Lipinski definition) is 1. The van der Waals surface area contributed by atoms with Crippen molar-refractivity contribution in [1.82, 2.24) is 10.3 Å². The summed E-state index contributed by atoms with van der Waals surface area (Å²) in [7, 11) is 0. The number of benzene rings is 1. The summed E-state index contributed by atoms with van der Waals surface area (Å²) in [4.78, 5) is 19.1. The van der Waals surface area contributed by atoms with Gasteiger partial charge in [-0.25, -0.2) is 4.98 Å². The average Bonchev–Trinajstić information content (AvgIpc) is 2.98. The van der Waals surface area contributed by atoms with Gasteiger partial charge in [0, 0.05) is 37.1 Å². The molecule has 3 heterocycles. The number of carbonyl (C=O) groups is 1. The molecular weight excluding hydrogens is 350 g/mol. The molecule has 2 aliphatic rings. The van der Waals surface area contributed by atoms with Crippen molar-refractivity contribution in [1.29, 1.82) is 0 Å². The van der Waals surface area contributed by atoms with Crippen LogP contribution in [0.15, 0.2) is 36.4 Å². The van der Waals surface area contributed by atoms with Crippen LogP contribution >= 0.6 is 0 Å². The lowest BCUT2D eigenvalue weighted by Gasteiger charge is -2.33. The van der Waals surface area contributed by atoms with Crippen LogP contribution in [-0.2, 0) is 11.4 Å². The Morgan fingerprint density at radius 1 is 1.25 bits per heavy atom.